The van der Waals surface area contributed by atoms with Gasteiger partial charge in [-0.1, -0.05) is 30.3 Å². The Balaban J connectivity index is 1.51. The van der Waals surface area contributed by atoms with E-state index in [4.69, 9.17) is 0 Å². The molecule has 3 aromatic rings. The number of carbonyl (C=O) groups is 1. The van der Waals surface area contributed by atoms with E-state index < -0.39 is 0 Å². The molecule has 3 N–H and O–H groups in total. The van der Waals surface area contributed by atoms with Gasteiger partial charge in [-0.3, -0.25) is 9.59 Å². The second-order valence-electron chi connectivity index (χ2n) is 6.93. The fraction of sp³-hybridized carbons (Fsp3) is 0.286. The molecule has 27 heavy (non-hydrogen) atoms. The highest BCUT2D eigenvalue weighted by atomic mass is 16.1. The van der Waals surface area contributed by atoms with Gasteiger partial charge in [0.1, 0.15) is 0 Å². The molecular formula is C21H22N4O2. The first-order valence-electron chi connectivity index (χ1n) is 9.29. The van der Waals surface area contributed by atoms with Crippen LogP contribution in [0.5, 0.6) is 0 Å². The molecule has 1 aliphatic heterocycles. The van der Waals surface area contributed by atoms with Crippen molar-refractivity contribution < 1.29 is 4.79 Å². The number of nitrogens with one attached hydrogen (secondary N) is 3. The summed E-state index contributed by atoms with van der Waals surface area (Å²) in [5, 5.41) is 14.5. The van der Waals surface area contributed by atoms with Crippen molar-refractivity contribution in [3.63, 3.8) is 0 Å². The minimum atomic E-state index is -0.205. The van der Waals surface area contributed by atoms with E-state index in [2.05, 4.69) is 20.8 Å². The van der Waals surface area contributed by atoms with Crippen molar-refractivity contribution in [3.05, 3.63) is 64.4 Å². The summed E-state index contributed by atoms with van der Waals surface area (Å²) in [5.41, 5.74) is 1.98. The van der Waals surface area contributed by atoms with Crippen LogP contribution >= 0.6 is 0 Å². The Hall–Kier alpha value is -2.99. The van der Waals surface area contributed by atoms with Crippen LogP contribution in [-0.2, 0) is 0 Å². The smallest absolute Gasteiger partial charge is 0.272 e. The zero-order chi connectivity index (χ0) is 18.6. The van der Waals surface area contributed by atoms with Crippen LogP contribution in [0.1, 0.15) is 23.2 Å². The SMILES string of the molecule is O=C(NCC1CCNCC1)c1ccc(-c2n[nH]c(=O)c3ccccc23)cc1. The molecule has 0 atom stereocenters. The number of rotatable bonds is 4. The van der Waals surface area contributed by atoms with Crippen LogP contribution < -0.4 is 16.2 Å². The third kappa shape index (κ3) is 3.75. The Kier molecular flexibility index (Phi) is 4.98. The maximum atomic E-state index is 12.4. The number of hydrogen-bond acceptors (Lipinski definition) is 4. The van der Waals surface area contributed by atoms with Gasteiger partial charge in [-0.15, -0.1) is 0 Å². The lowest BCUT2D eigenvalue weighted by atomic mass is 9.98. The number of carbonyl (C=O) groups excluding carboxylic acids is 1. The number of benzene rings is 2. The lowest BCUT2D eigenvalue weighted by molar-refractivity contribution is 0.0944. The monoisotopic (exact) mass is 362 g/mol. The molecule has 1 aromatic heterocycles. The average Bonchev–Trinajstić information content (AvgIpc) is 2.73. The molecule has 0 spiro atoms. The van der Waals surface area contributed by atoms with Crippen LogP contribution in [0.25, 0.3) is 22.0 Å². The minimum absolute atomic E-state index is 0.0561. The average molecular weight is 362 g/mol. The van der Waals surface area contributed by atoms with Gasteiger partial charge in [0.05, 0.1) is 11.1 Å². The van der Waals surface area contributed by atoms with E-state index in [-0.39, 0.29) is 11.5 Å². The van der Waals surface area contributed by atoms with Crippen molar-refractivity contribution >= 4 is 16.7 Å². The van der Waals surface area contributed by atoms with Gasteiger partial charge in [0.25, 0.3) is 11.5 Å². The van der Waals surface area contributed by atoms with Crippen molar-refractivity contribution in [2.24, 2.45) is 5.92 Å². The number of H-pyrrole nitrogens is 1. The van der Waals surface area contributed by atoms with Crippen molar-refractivity contribution in [1.82, 2.24) is 20.8 Å². The molecular weight excluding hydrogens is 340 g/mol. The van der Waals surface area contributed by atoms with Gasteiger partial charge in [-0.25, -0.2) is 5.10 Å². The second kappa shape index (κ2) is 7.72. The number of aromatic nitrogens is 2. The molecule has 0 aliphatic carbocycles. The van der Waals surface area contributed by atoms with E-state index in [1.807, 2.05) is 30.3 Å². The summed E-state index contributed by atoms with van der Waals surface area (Å²) in [7, 11) is 0. The summed E-state index contributed by atoms with van der Waals surface area (Å²) < 4.78 is 0. The van der Waals surface area contributed by atoms with Gasteiger partial charge in [-0.2, -0.15) is 5.10 Å². The van der Waals surface area contributed by atoms with Crippen LogP contribution in [0.15, 0.2) is 53.3 Å². The van der Waals surface area contributed by atoms with Crippen LogP contribution in [0.3, 0.4) is 0 Å². The van der Waals surface area contributed by atoms with Gasteiger partial charge >= 0.3 is 0 Å². The van der Waals surface area contributed by atoms with E-state index in [1.54, 1.807) is 18.2 Å². The van der Waals surface area contributed by atoms with Crippen LogP contribution in [-0.4, -0.2) is 35.7 Å². The molecule has 4 rings (SSSR count). The van der Waals surface area contributed by atoms with Crippen LogP contribution in [0.2, 0.25) is 0 Å². The molecule has 1 amide bonds. The molecule has 2 aromatic carbocycles. The fourth-order valence-electron chi connectivity index (χ4n) is 3.54. The maximum Gasteiger partial charge on any atom is 0.272 e. The summed E-state index contributed by atoms with van der Waals surface area (Å²) in [6.45, 7) is 2.76. The molecule has 0 radical (unpaired) electrons. The molecule has 0 bridgehead atoms. The van der Waals surface area contributed by atoms with Gasteiger partial charge in [-0.05, 0) is 50.0 Å². The molecule has 2 heterocycles. The number of fused-ring (bicyclic) bond motifs is 1. The standard InChI is InChI=1S/C21H22N4O2/c26-20(23-13-14-9-11-22-12-10-14)16-7-5-15(6-8-16)19-17-3-1-2-4-18(17)21(27)25-24-19/h1-8,14,22H,9-13H2,(H,23,26)(H,25,27). The summed E-state index contributed by atoms with van der Waals surface area (Å²) >= 11 is 0. The zero-order valence-electron chi connectivity index (χ0n) is 15.0. The van der Waals surface area contributed by atoms with Gasteiger partial charge in [0.15, 0.2) is 0 Å². The second-order valence-corrected chi connectivity index (χ2v) is 6.93. The van der Waals surface area contributed by atoms with E-state index in [0.29, 0.717) is 29.1 Å². The first kappa shape index (κ1) is 17.4. The Morgan fingerprint density at radius 3 is 2.48 bits per heavy atom. The van der Waals surface area contributed by atoms with E-state index >= 15 is 0 Å². The van der Waals surface area contributed by atoms with Crippen molar-refractivity contribution in [1.29, 1.82) is 0 Å². The van der Waals surface area contributed by atoms with E-state index in [1.165, 1.54) is 0 Å². The predicted octanol–water partition coefficient (Wildman–Crippen LogP) is 2.32. The quantitative estimate of drug-likeness (QED) is 0.665. The summed E-state index contributed by atoms with van der Waals surface area (Å²) in [4.78, 5) is 24.3. The summed E-state index contributed by atoms with van der Waals surface area (Å²) in [6.07, 6.45) is 2.20. The third-order valence-electron chi connectivity index (χ3n) is 5.13. The Morgan fingerprint density at radius 2 is 1.74 bits per heavy atom. The highest BCUT2D eigenvalue weighted by molar-refractivity contribution is 5.96. The number of amides is 1. The lowest BCUT2D eigenvalue weighted by Gasteiger charge is -2.22. The topological polar surface area (TPSA) is 86.9 Å². The normalized spacial score (nSPS) is 15.0. The largest absolute Gasteiger partial charge is 0.352 e. The van der Waals surface area contributed by atoms with Crippen LogP contribution in [0, 0.1) is 5.92 Å². The number of nitrogens with zero attached hydrogens (tertiary/aromatic N) is 1. The molecule has 6 heteroatoms. The van der Waals surface area contributed by atoms with Gasteiger partial charge in [0, 0.05) is 23.1 Å². The number of piperidine rings is 1. The van der Waals surface area contributed by atoms with E-state index in [9.17, 15) is 9.59 Å². The third-order valence-corrected chi connectivity index (χ3v) is 5.13. The zero-order valence-corrected chi connectivity index (χ0v) is 15.0. The van der Waals surface area contributed by atoms with Crippen molar-refractivity contribution in [2.45, 2.75) is 12.8 Å². The van der Waals surface area contributed by atoms with Gasteiger partial charge in [0.2, 0.25) is 0 Å². The molecule has 6 nitrogen and oxygen atoms in total. The fourth-order valence-corrected chi connectivity index (χ4v) is 3.54. The molecule has 0 saturated carbocycles. The first-order valence-corrected chi connectivity index (χ1v) is 9.29. The highest BCUT2D eigenvalue weighted by Gasteiger charge is 2.15. The Morgan fingerprint density at radius 1 is 1.04 bits per heavy atom. The minimum Gasteiger partial charge on any atom is -0.352 e. The van der Waals surface area contributed by atoms with E-state index in [0.717, 1.165) is 36.9 Å². The highest BCUT2D eigenvalue weighted by Crippen LogP contribution is 2.24. The Labute approximate surface area is 157 Å². The molecule has 1 fully saturated rings. The maximum absolute atomic E-state index is 12.4. The number of aromatic amines is 1. The first-order chi connectivity index (χ1) is 13.2. The predicted molar refractivity (Wildman–Crippen MR) is 106 cm³/mol. The Bertz CT molecular complexity index is 1000. The molecule has 1 aliphatic rings. The van der Waals surface area contributed by atoms with Crippen LogP contribution in [0.4, 0.5) is 0 Å². The lowest BCUT2D eigenvalue weighted by Crippen LogP contribution is -2.35. The summed E-state index contributed by atoms with van der Waals surface area (Å²) in [5.74, 6) is 0.491. The molecule has 1 saturated heterocycles. The van der Waals surface area contributed by atoms with Gasteiger partial charge < -0.3 is 10.6 Å². The molecule has 0 unspecified atom stereocenters. The number of hydrogen-bond donors (Lipinski definition) is 3. The van der Waals surface area contributed by atoms with Crippen molar-refractivity contribution in [2.75, 3.05) is 19.6 Å². The van der Waals surface area contributed by atoms with Crippen molar-refractivity contribution in [3.8, 4) is 11.3 Å². The molecule has 138 valence electrons. The summed E-state index contributed by atoms with van der Waals surface area (Å²) in [6, 6.07) is 14.7.